The number of alkyl carbamates (subject to hydrolysis) is 1. The first-order valence-electron chi connectivity index (χ1n) is 11.8. The van der Waals surface area contributed by atoms with Gasteiger partial charge in [-0.2, -0.15) is 0 Å². The summed E-state index contributed by atoms with van der Waals surface area (Å²) >= 11 is 13.5. The number of rotatable bonds is 7. The van der Waals surface area contributed by atoms with Gasteiger partial charge in [-0.25, -0.2) is 4.79 Å². The summed E-state index contributed by atoms with van der Waals surface area (Å²) in [6.07, 6.45) is -0.790. The van der Waals surface area contributed by atoms with E-state index >= 15 is 0 Å². The Bertz CT molecular complexity index is 1410. The molecule has 38 heavy (non-hydrogen) atoms. The van der Waals surface area contributed by atoms with E-state index in [-0.39, 0.29) is 5.91 Å². The Hall–Kier alpha value is -3.28. The molecular formula is C25H27Cl2N5O5S. The third-order valence-corrected chi connectivity index (χ3v) is 7.84. The van der Waals surface area contributed by atoms with Crippen molar-refractivity contribution in [3.63, 3.8) is 0 Å². The number of hydrogen-bond acceptors (Lipinski definition) is 6. The SMILES string of the molecule is CC(C)(C)OC(=O)N[C@H](CC(=O)N[C@H]1c2ccccc2C[C@@H]1NC(=O)c1cc2sc(Cl)c(Cl)c2[nH]1)C(N)=O. The zero-order chi connectivity index (χ0) is 27.8. The number of aromatic nitrogens is 1. The van der Waals surface area contributed by atoms with Crippen LogP contribution >= 0.6 is 34.5 Å². The van der Waals surface area contributed by atoms with Gasteiger partial charge in [0.15, 0.2) is 0 Å². The third-order valence-electron chi connectivity index (χ3n) is 5.91. The number of aromatic amines is 1. The monoisotopic (exact) mass is 579 g/mol. The fourth-order valence-electron chi connectivity index (χ4n) is 4.29. The number of carbonyl (C=O) groups excluding carboxylic acids is 4. The molecule has 1 aliphatic carbocycles. The van der Waals surface area contributed by atoms with Gasteiger partial charge in [0.05, 0.1) is 33.7 Å². The highest BCUT2D eigenvalue weighted by Crippen LogP contribution is 2.39. The molecular weight excluding hydrogens is 553 g/mol. The van der Waals surface area contributed by atoms with Gasteiger partial charge in [-0.15, -0.1) is 11.3 Å². The Labute approximate surface area is 232 Å². The van der Waals surface area contributed by atoms with Crippen LogP contribution in [-0.2, 0) is 20.7 Å². The number of hydrogen-bond donors (Lipinski definition) is 5. The first-order valence-corrected chi connectivity index (χ1v) is 13.3. The van der Waals surface area contributed by atoms with Gasteiger partial charge in [0.2, 0.25) is 11.8 Å². The van der Waals surface area contributed by atoms with Gasteiger partial charge in [-0.05, 0) is 44.4 Å². The van der Waals surface area contributed by atoms with E-state index in [4.69, 9.17) is 33.7 Å². The number of thiophene rings is 1. The number of amides is 4. The molecule has 3 atom stereocenters. The van der Waals surface area contributed by atoms with Crippen LogP contribution in [0.2, 0.25) is 9.36 Å². The predicted octanol–water partition coefficient (Wildman–Crippen LogP) is 3.82. The maximum Gasteiger partial charge on any atom is 0.408 e. The molecule has 0 fully saturated rings. The molecule has 2 heterocycles. The van der Waals surface area contributed by atoms with Crippen LogP contribution in [0.5, 0.6) is 0 Å². The molecule has 0 radical (unpaired) electrons. The molecule has 4 amide bonds. The average molecular weight is 580 g/mol. The number of primary amides is 1. The van der Waals surface area contributed by atoms with Crippen LogP contribution in [-0.4, -0.2) is 46.5 Å². The Morgan fingerprint density at radius 3 is 2.55 bits per heavy atom. The second kappa shape index (κ2) is 10.8. The Morgan fingerprint density at radius 1 is 1.18 bits per heavy atom. The lowest BCUT2D eigenvalue weighted by Crippen LogP contribution is -2.50. The first kappa shape index (κ1) is 27.7. The lowest BCUT2D eigenvalue weighted by molar-refractivity contribution is -0.127. The number of benzene rings is 1. The normalized spacial score (nSPS) is 17.5. The van der Waals surface area contributed by atoms with Crippen molar-refractivity contribution < 1.29 is 23.9 Å². The molecule has 202 valence electrons. The van der Waals surface area contributed by atoms with Crippen molar-refractivity contribution in [3.8, 4) is 0 Å². The second-order valence-corrected chi connectivity index (χ2v) is 12.0. The largest absolute Gasteiger partial charge is 0.444 e. The Morgan fingerprint density at radius 2 is 1.89 bits per heavy atom. The van der Waals surface area contributed by atoms with Crippen LogP contribution in [0.3, 0.4) is 0 Å². The molecule has 0 saturated heterocycles. The highest BCUT2D eigenvalue weighted by Gasteiger charge is 2.36. The van der Waals surface area contributed by atoms with E-state index in [1.54, 1.807) is 26.8 Å². The molecule has 0 bridgehead atoms. The molecule has 6 N–H and O–H groups in total. The molecule has 0 saturated carbocycles. The lowest BCUT2D eigenvalue weighted by atomic mass is 10.1. The van der Waals surface area contributed by atoms with Crippen molar-refractivity contribution in [2.75, 3.05) is 0 Å². The highest BCUT2D eigenvalue weighted by atomic mass is 35.5. The van der Waals surface area contributed by atoms with Crippen molar-refractivity contribution in [2.24, 2.45) is 5.73 Å². The van der Waals surface area contributed by atoms with Crippen molar-refractivity contribution in [3.05, 3.63) is 56.5 Å². The molecule has 0 spiro atoms. The summed E-state index contributed by atoms with van der Waals surface area (Å²) in [7, 11) is 0. The molecule has 0 aliphatic heterocycles. The van der Waals surface area contributed by atoms with Crippen molar-refractivity contribution in [2.45, 2.75) is 57.3 Å². The van der Waals surface area contributed by atoms with Gasteiger partial charge >= 0.3 is 6.09 Å². The number of H-pyrrole nitrogens is 1. The van der Waals surface area contributed by atoms with Crippen LogP contribution in [0, 0.1) is 0 Å². The summed E-state index contributed by atoms with van der Waals surface area (Å²) in [4.78, 5) is 53.1. The maximum absolute atomic E-state index is 13.1. The van der Waals surface area contributed by atoms with E-state index in [1.807, 2.05) is 24.3 Å². The zero-order valence-electron chi connectivity index (χ0n) is 20.8. The van der Waals surface area contributed by atoms with Gasteiger partial charge in [0.1, 0.15) is 21.7 Å². The minimum Gasteiger partial charge on any atom is -0.444 e. The van der Waals surface area contributed by atoms with Crippen LogP contribution in [0.4, 0.5) is 4.79 Å². The number of nitrogens with one attached hydrogen (secondary N) is 4. The van der Waals surface area contributed by atoms with E-state index in [0.29, 0.717) is 27.0 Å². The second-order valence-electron chi connectivity index (χ2n) is 9.95. The smallest absolute Gasteiger partial charge is 0.408 e. The maximum atomic E-state index is 13.1. The minimum atomic E-state index is -1.28. The molecule has 0 unspecified atom stereocenters. The molecule has 10 nitrogen and oxygen atoms in total. The summed E-state index contributed by atoms with van der Waals surface area (Å²) in [5.41, 5.74) is 7.31. The molecule has 13 heteroatoms. The van der Waals surface area contributed by atoms with Crippen molar-refractivity contribution in [1.82, 2.24) is 20.9 Å². The minimum absolute atomic E-state index is 0.307. The van der Waals surface area contributed by atoms with Gasteiger partial charge in [0, 0.05) is 0 Å². The summed E-state index contributed by atoms with van der Waals surface area (Å²) in [5, 5.41) is 8.56. The van der Waals surface area contributed by atoms with Gasteiger partial charge < -0.3 is 31.4 Å². The van der Waals surface area contributed by atoms with Crippen LogP contribution in [0.1, 0.15) is 54.8 Å². The average Bonchev–Trinajstić information content (AvgIpc) is 3.45. The standard InChI is InChI=1S/C25H27Cl2N5O5S/c1-25(2,3)37-24(36)31-14(22(28)34)10-17(33)32-19-12-7-5-4-6-11(12)8-13(19)30-23(35)15-9-16-20(29-15)18(26)21(27)38-16/h4-7,9,13-14,19,29H,8,10H2,1-3H3,(H2,28,34)(H,30,35)(H,31,36)(H,32,33)/t13-,14+,19-/m0/s1. The van der Waals surface area contributed by atoms with Crippen LogP contribution in [0.15, 0.2) is 30.3 Å². The van der Waals surface area contributed by atoms with Gasteiger partial charge in [-0.3, -0.25) is 14.4 Å². The van der Waals surface area contributed by atoms with Gasteiger partial charge in [-0.1, -0.05) is 47.5 Å². The molecule has 4 rings (SSSR count). The Kier molecular flexibility index (Phi) is 7.91. The van der Waals surface area contributed by atoms with E-state index in [0.717, 1.165) is 15.8 Å². The van der Waals surface area contributed by atoms with Crippen LogP contribution < -0.4 is 21.7 Å². The molecule has 1 aromatic carbocycles. The number of fused-ring (bicyclic) bond motifs is 2. The number of ether oxygens (including phenoxy) is 1. The Balaban J connectivity index is 1.47. The van der Waals surface area contributed by atoms with Crippen molar-refractivity contribution >= 4 is 68.6 Å². The molecule has 2 aromatic heterocycles. The van der Waals surface area contributed by atoms with Gasteiger partial charge in [0.25, 0.3) is 5.91 Å². The quantitative estimate of drug-likeness (QED) is 0.287. The first-order chi connectivity index (χ1) is 17.8. The third kappa shape index (κ3) is 6.23. The van der Waals surface area contributed by atoms with Crippen LogP contribution in [0.25, 0.3) is 10.2 Å². The predicted molar refractivity (Wildman–Crippen MR) is 145 cm³/mol. The highest BCUT2D eigenvalue weighted by molar-refractivity contribution is 7.23. The summed E-state index contributed by atoms with van der Waals surface area (Å²) in [6.45, 7) is 5.01. The molecule has 1 aliphatic rings. The van der Waals surface area contributed by atoms with E-state index in [1.165, 1.54) is 11.3 Å². The zero-order valence-corrected chi connectivity index (χ0v) is 23.1. The number of halogens is 2. The summed E-state index contributed by atoms with van der Waals surface area (Å²) < 4.78 is 6.34. The van der Waals surface area contributed by atoms with E-state index in [9.17, 15) is 19.2 Å². The van der Waals surface area contributed by atoms with E-state index in [2.05, 4.69) is 20.9 Å². The summed E-state index contributed by atoms with van der Waals surface area (Å²) in [5.74, 6) is -1.79. The van der Waals surface area contributed by atoms with E-state index < -0.39 is 48.1 Å². The summed E-state index contributed by atoms with van der Waals surface area (Å²) in [6, 6.07) is 6.83. The fourth-order valence-corrected chi connectivity index (χ4v) is 5.77. The number of nitrogens with two attached hydrogens (primary N) is 1. The van der Waals surface area contributed by atoms with Crippen molar-refractivity contribution in [1.29, 1.82) is 0 Å². The number of carbonyl (C=O) groups is 4. The lowest BCUT2D eigenvalue weighted by Gasteiger charge is -2.25. The molecule has 3 aromatic rings. The fraction of sp³-hybridized carbons (Fsp3) is 0.360. The topological polar surface area (TPSA) is 155 Å².